The minimum atomic E-state index is 0.975. The standard InChI is InChI=1S/C9H17N/c1-4-6-8-10-9(3)7-5-2/h4,10H,1,3,5-8H2,2H3. The second-order valence-electron chi connectivity index (χ2n) is 2.36. The fourth-order valence-corrected chi connectivity index (χ4v) is 0.741. The lowest BCUT2D eigenvalue weighted by Gasteiger charge is -2.05. The zero-order valence-electron chi connectivity index (χ0n) is 6.82. The molecule has 58 valence electrons. The predicted octanol–water partition coefficient (Wildman–Crippen LogP) is 2.47. The van der Waals surface area contributed by atoms with Gasteiger partial charge in [0.05, 0.1) is 0 Å². The Morgan fingerprint density at radius 3 is 2.80 bits per heavy atom. The van der Waals surface area contributed by atoms with Gasteiger partial charge in [0.1, 0.15) is 0 Å². The Balaban J connectivity index is 3.13. The molecule has 0 unspecified atom stereocenters. The van der Waals surface area contributed by atoms with Crippen molar-refractivity contribution < 1.29 is 0 Å². The molecule has 0 aliphatic carbocycles. The van der Waals surface area contributed by atoms with Gasteiger partial charge in [-0.25, -0.2) is 0 Å². The fraction of sp³-hybridized carbons (Fsp3) is 0.556. The molecule has 1 heteroatoms. The lowest BCUT2D eigenvalue weighted by molar-refractivity contribution is 0.740. The molecule has 0 aliphatic heterocycles. The quantitative estimate of drug-likeness (QED) is 0.440. The predicted molar refractivity (Wildman–Crippen MR) is 46.9 cm³/mol. The van der Waals surface area contributed by atoms with Crippen LogP contribution in [0.4, 0.5) is 0 Å². The highest BCUT2D eigenvalue weighted by molar-refractivity contribution is 4.90. The average molecular weight is 139 g/mol. The molecule has 0 saturated heterocycles. The summed E-state index contributed by atoms with van der Waals surface area (Å²) in [7, 11) is 0. The lowest BCUT2D eigenvalue weighted by atomic mass is 10.3. The van der Waals surface area contributed by atoms with Crippen molar-refractivity contribution in [3.8, 4) is 0 Å². The average Bonchev–Trinajstić information content (AvgIpc) is 1.89. The van der Waals surface area contributed by atoms with E-state index >= 15 is 0 Å². The maximum atomic E-state index is 3.87. The van der Waals surface area contributed by atoms with Gasteiger partial charge in [0.2, 0.25) is 0 Å². The first-order chi connectivity index (χ1) is 4.81. The molecule has 0 saturated carbocycles. The summed E-state index contributed by atoms with van der Waals surface area (Å²) in [5, 5.41) is 3.22. The van der Waals surface area contributed by atoms with Crippen LogP contribution in [-0.2, 0) is 0 Å². The first-order valence-corrected chi connectivity index (χ1v) is 3.83. The molecule has 1 N–H and O–H groups in total. The summed E-state index contributed by atoms with van der Waals surface area (Å²) in [6.45, 7) is 10.6. The topological polar surface area (TPSA) is 12.0 Å². The van der Waals surface area contributed by atoms with Crippen LogP contribution in [0.3, 0.4) is 0 Å². The Morgan fingerprint density at radius 2 is 2.30 bits per heavy atom. The largest absolute Gasteiger partial charge is 0.389 e. The summed E-state index contributed by atoms with van der Waals surface area (Å²) < 4.78 is 0. The third kappa shape index (κ3) is 5.42. The van der Waals surface area contributed by atoms with Crippen LogP contribution in [-0.4, -0.2) is 6.54 Å². The number of hydrogen-bond acceptors (Lipinski definition) is 1. The maximum absolute atomic E-state index is 3.87. The van der Waals surface area contributed by atoms with Crippen LogP contribution < -0.4 is 5.32 Å². The molecule has 0 aromatic carbocycles. The van der Waals surface area contributed by atoms with E-state index in [0.29, 0.717) is 0 Å². The van der Waals surface area contributed by atoms with E-state index in [2.05, 4.69) is 25.4 Å². The van der Waals surface area contributed by atoms with E-state index in [-0.39, 0.29) is 0 Å². The smallest absolute Gasteiger partial charge is 0.0178 e. The van der Waals surface area contributed by atoms with Gasteiger partial charge in [0, 0.05) is 12.2 Å². The van der Waals surface area contributed by atoms with Crippen LogP contribution in [0.2, 0.25) is 0 Å². The van der Waals surface area contributed by atoms with Crippen LogP contribution in [0.1, 0.15) is 26.2 Å². The molecule has 10 heavy (non-hydrogen) atoms. The van der Waals surface area contributed by atoms with Crippen molar-refractivity contribution in [1.82, 2.24) is 5.32 Å². The first kappa shape index (κ1) is 9.28. The summed E-state index contributed by atoms with van der Waals surface area (Å²) >= 11 is 0. The van der Waals surface area contributed by atoms with Gasteiger partial charge in [0.15, 0.2) is 0 Å². The highest BCUT2D eigenvalue weighted by Gasteiger charge is 1.87. The highest BCUT2D eigenvalue weighted by Crippen LogP contribution is 1.96. The summed E-state index contributed by atoms with van der Waals surface area (Å²) in [6.07, 6.45) is 5.17. The molecule has 1 nitrogen and oxygen atoms in total. The van der Waals surface area contributed by atoms with Crippen LogP contribution in [0.5, 0.6) is 0 Å². The molecular formula is C9H17N. The van der Waals surface area contributed by atoms with Crippen LogP contribution in [0, 0.1) is 0 Å². The molecule has 0 fully saturated rings. The van der Waals surface area contributed by atoms with Crippen molar-refractivity contribution in [2.24, 2.45) is 0 Å². The summed E-state index contributed by atoms with van der Waals surface area (Å²) in [5.41, 5.74) is 1.14. The molecule has 0 aromatic rings. The molecule has 0 heterocycles. The van der Waals surface area contributed by atoms with E-state index in [1.165, 1.54) is 6.42 Å². The van der Waals surface area contributed by atoms with E-state index in [1.54, 1.807) is 0 Å². The molecule has 0 radical (unpaired) electrons. The third-order valence-electron chi connectivity index (χ3n) is 1.28. The molecular weight excluding hydrogens is 122 g/mol. The Labute approximate surface area is 63.8 Å². The summed E-state index contributed by atoms with van der Waals surface area (Å²) in [6, 6.07) is 0. The second kappa shape index (κ2) is 6.40. The zero-order chi connectivity index (χ0) is 7.82. The van der Waals surface area contributed by atoms with E-state index < -0.39 is 0 Å². The van der Waals surface area contributed by atoms with Gasteiger partial charge in [-0.2, -0.15) is 0 Å². The van der Waals surface area contributed by atoms with Gasteiger partial charge in [0.25, 0.3) is 0 Å². The summed E-state index contributed by atoms with van der Waals surface area (Å²) in [4.78, 5) is 0. The monoisotopic (exact) mass is 139 g/mol. The normalized spacial score (nSPS) is 8.90. The van der Waals surface area contributed by atoms with E-state index in [4.69, 9.17) is 0 Å². The van der Waals surface area contributed by atoms with Crippen molar-refractivity contribution in [1.29, 1.82) is 0 Å². The van der Waals surface area contributed by atoms with Crippen molar-refractivity contribution in [2.75, 3.05) is 6.54 Å². The highest BCUT2D eigenvalue weighted by atomic mass is 14.9. The Hall–Kier alpha value is -0.720. The van der Waals surface area contributed by atoms with Gasteiger partial charge in [-0.3, -0.25) is 0 Å². The third-order valence-corrected chi connectivity index (χ3v) is 1.28. The van der Waals surface area contributed by atoms with Crippen molar-refractivity contribution in [2.45, 2.75) is 26.2 Å². The van der Waals surface area contributed by atoms with Gasteiger partial charge in [-0.15, -0.1) is 6.58 Å². The summed E-state index contributed by atoms with van der Waals surface area (Å²) in [5.74, 6) is 0. The Bertz CT molecular complexity index is 105. The fourth-order valence-electron chi connectivity index (χ4n) is 0.741. The van der Waals surface area contributed by atoms with Gasteiger partial charge in [-0.05, 0) is 12.8 Å². The number of rotatable bonds is 6. The molecule has 0 aromatic heterocycles. The molecule has 0 atom stereocenters. The second-order valence-corrected chi connectivity index (χ2v) is 2.36. The SMILES string of the molecule is C=CCCNC(=C)CCC. The van der Waals surface area contributed by atoms with E-state index in [0.717, 1.165) is 25.1 Å². The van der Waals surface area contributed by atoms with Gasteiger partial charge >= 0.3 is 0 Å². The van der Waals surface area contributed by atoms with Crippen molar-refractivity contribution in [3.05, 3.63) is 24.9 Å². The Morgan fingerprint density at radius 1 is 1.60 bits per heavy atom. The van der Waals surface area contributed by atoms with Gasteiger partial charge in [-0.1, -0.05) is 26.0 Å². The van der Waals surface area contributed by atoms with Crippen LogP contribution in [0.25, 0.3) is 0 Å². The molecule has 0 aliphatic rings. The van der Waals surface area contributed by atoms with E-state index in [9.17, 15) is 0 Å². The number of nitrogens with one attached hydrogen (secondary N) is 1. The molecule has 0 rings (SSSR count). The molecule has 0 bridgehead atoms. The molecule has 0 amide bonds. The van der Waals surface area contributed by atoms with Crippen LogP contribution in [0.15, 0.2) is 24.9 Å². The molecule has 0 spiro atoms. The van der Waals surface area contributed by atoms with Crippen molar-refractivity contribution in [3.63, 3.8) is 0 Å². The minimum absolute atomic E-state index is 0.975. The van der Waals surface area contributed by atoms with Gasteiger partial charge < -0.3 is 5.32 Å². The van der Waals surface area contributed by atoms with Crippen molar-refractivity contribution >= 4 is 0 Å². The first-order valence-electron chi connectivity index (χ1n) is 3.83. The minimum Gasteiger partial charge on any atom is -0.389 e. The number of allylic oxidation sites excluding steroid dienone is 1. The van der Waals surface area contributed by atoms with E-state index in [1.807, 2.05) is 6.08 Å². The lowest BCUT2D eigenvalue weighted by Crippen LogP contribution is -2.12. The number of hydrogen-bond donors (Lipinski definition) is 1. The Kier molecular flexibility index (Phi) is 5.94. The van der Waals surface area contributed by atoms with Crippen LogP contribution >= 0.6 is 0 Å². The maximum Gasteiger partial charge on any atom is 0.0178 e. The zero-order valence-corrected chi connectivity index (χ0v) is 6.82.